The molecule has 2 N–H and O–H groups in total. The smallest absolute Gasteiger partial charge is 0.119 e. The number of benzene rings is 1. The monoisotopic (exact) mass is 293 g/mol. The van der Waals surface area contributed by atoms with Gasteiger partial charge in [0.05, 0.1) is 0 Å². The Morgan fingerprint density at radius 1 is 1.19 bits per heavy atom. The number of hydrogen-bond donors (Lipinski definition) is 2. The summed E-state index contributed by atoms with van der Waals surface area (Å²) in [6.45, 7) is 7.06. The third-order valence-electron chi connectivity index (χ3n) is 3.83. The number of hydrazine groups is 1. The highest BCUT2D eigenvalue weighted by molar-refractivity contribution is 5.27. The van der Waals surface area contributed by atoms with Crippen LogP contribution in [0.5, 0.6) is 5.75 Å². The fraction of sp³-hybridized carbons (Fsp3) is 0.625. The van der Waals surface area contributed by atoms with Crippen molar-refractivity contribution in [2.24, 2.45) is 0 Å². The van der Waals surface area contributed by atoms with Gasteiger partial charge in [-0.2, -0.15) is 0 Å². The van der Waals surface area contributed by atoms with Crippen LogP contribution in [0, 0.1) is 0 Å². The van der Waals surface area contributed by atoms with Gasteiger partial charge in [0.25, 0.3) is 0 Å². The van der Waals surface area contributed by atoms with E-state index in [9.17, 15) is 5.11 Å². The first-order chi connectivity index (χ1) is 10.2. The van der Waals surface area contributed by atoms with Gasteiger partial charge < -0.3 is 14.7 Å². The van der Waals surface area contributed by atoms with Crippen LogP contribution < -0.4 is 10.2 Å². The fourth-order valence-corrected chi connectivity index (χ4v) is 2.27. The van der Waals surface area contributed by atoms with Crippen molar-refractivity contribution in [1.29, 1.82) is 0 Å². The van der Waals surface area contributed by atoms with Crippen molar-refractivity contribution in [1.82, 2.24) is 15.3 Å². The molecule has 1 heterocycles. The quantitative estimate of drug-likeness (QED) is 0.776. The lowest BCUT2D eigenvalue weighted by Crippen LogP contribution is -2.52. The van der Waals surface area contributed by atoms with Gasteiger partial charge in [-0.05, 0) is 31.2 Å². The maximum absolute atomic E-state index is 9.97. The topological polar surface area (TPSA) is 48.0 Å². The highest BCUT2D eigenvalue weighted by Crippen LogP contribution is 2.12. The summed E-state index contributed by atoms with van der Waals surface area (Å²) in [5.74, 6) is 0.811. The maximum Gasteiger partial charge on any atom is 0.119 e. The van der Waals surface area contributed by atoms with Gasteiger partial charge in [0.2, 0.25) is 0 Å². The first-order valence-corrected chi connectivity index (χ1v) is 7.74. The molecule has 1 saturated heterocycles. The minimum atomic E-state index is -0.504. The molecule has 118 valence electrons. The summed E-state index contributed by atoms with van der Waals surface area (Å²) in [6, 6.07) is 8.04. The lowest BCUT2D eigenvalue weighted by atomic mass is 10.2. The Labute approximate surface area is 127 Å². The van der Waals surface area contributed by atoms with Crippen LogP contribution in [0.4, 0.5) is 0 Å². The Bertz CT molecular complexity index is 402. The van der Waals surface area contributed by atoms with Gasteiger partial charge in [-0.1, -0.05) is 19.1 Å². The van der Waals surface area contributed by atoms with E-state index in [0.717, 1.165) is 38.3 Å². The van der Waals surface area contributed by atoms with Gasteiger partial charge in [-0.15, -0.1) is 0 Å². The standard InChI is InChI=1S/C16H27N3O2/c1-3-14-4-6-16(7-5-14)21-13-15(20)12-17-19-10-8-18(2)9-11-19/h4-7,15,17,20H,3,8-13H2,1-2H3. The maximum atomic E-state index is 9.97. The number of aliphatic hydroxyl groups is 1. The second-order valence-electron chi connectivity index (χ2n) is 5.61. The van der Waals surface area contributed by atoms with Crippen LogP contribution in [0.15, 0.2) is 24.3 Å². The summed E-state index contributed by atoms with van der Waals surface area (Å²) in [6.07, 6.45) is 0.521. The molecule has 1 fully saturated rings. The van der Waals surface area contributed by atoms with Crippen LogP contribution in [0.2, 0.25) is 0 Å². The molecule has 1 aromatic rings. The molecule has 0 bridgehead atoms. The second-order valence-corrected chi connectivity index (χ2v) is 5.61. The Morgan fingerprint density at radius 3 is 2.48 bits per heavy atom. The summed E-state index contributed by atoms with van der Waals surface area (Å²) in [7, 11) is 2.13. The molecular formula is C16H27N3O2. The Hall–Kier alpha value is -1.14. The van der Waals surface area contributed by atoms with Crippen LogP contribution in [0.1, 0.15) is 12.5 Å². The number of piperazine rings is 1. The van der Waals surface area contributed by atoms with Crippen LogP contribution in [0.3, 0.4) is 0 Å². The summed E-state index contributed by atoms with van der Waals surface area (Å²) < 4.78 is 5.61. The van der Waals surface area contributed by atoms with E-state index in [1.54, 1.807) is 0 Å². The Morgan fingerprint density at radius 2 is 1.86 bits per heavy atom. The van der Waals surface area contributed by atoms with Crippen LogP contribution in [-0.4, -0.2) is 67.5 Å². The molecule has 0 spiro atoms. The molecule has 0 amide bonds. The molecule has 0 aromatic heterocycles. The van der Waals surface area contributed by atoms with Gasteiger partial charge in [0, 0.05) is 32.7 Å². The second kappa shape index (κ2) is 8.34. The van der Waals surface area contributed by atoms with Crippen molar-refractivity contribution in [3.8, 4) is 5.75 Å². The molecule has 0 aliphatic carbocycles. The SMILES string of the molecule is CCc1ccc(OCC(O)CNN2CCN(C)CC2)cc1. The number of hydrogen-bond acceptors (Lipinski definition) is 5. The molecule has 1 atom stereocenters. The Balaban J connectivity index is 1.63. The van der Waals surface area contributed by atoms with E-state index in [1.807, 2.05) is 12.1 Å². The zero-order chi connectivity index (χ0) is 15.1. The number of aryl methyl sites for hydroxylation is 1. The molecule has 1 unspecified atom stereocenters. The van der Waals surface area contributed by atoms with E-state index >= 15 is 0 Å². The number of nitrogens with zero attached hydrogens (tertiary/aromatic N) is 2. The van der Waals surface area contributed by atoms with Crippen LogP contribution >= 0.6 is 0 Å². The Kier molecular flexibility index (Phi) is 6.45. The number of nitrogens with one attached hydrogen (secondary N) is 1. The van der Waals surface area contributed by atoms with Gasteiger partial charge in [-0.25, -0.2) is 5.01 Å². The van der Waals surface area contributed by atoms with E-state index in [1.165, 1.54) is 5.56 Å². The minimum Gasteiger partial charge on any atom is -0.491 e. The number of ether oxygens (including phenoxy) is 1. The number of likely N-dealkylation sites (N-methyl/N-ethyl adjacent to an activating group) is 1. The van der Waals surface area contributed by atoms with Crippen LogP contribution in [-0.2, 0) is 6.42 Å². The zero-order valence-electron chi connectivity index (χ0n) is 13.1. The lowest BCUT2D eigenvalue weighted by Gasteiger charge is -2.33. The van der Waals surface area contributed by atoms with Crippen molar-refractivity contribution in [2.45, 2.75) is 19.4 Å². The fourth-order valence-electron chi connectivity index (χ4n) is 2.27. The van der Waals surface area contributed by atoms with Gasteiger partial charge in [0.15, 0.2) is 0 Å². The van der Waals surface area contributed by atoms with Crippen molar-refractivity contribution in [2.75, 3.05) is 46.4 Å². The van der Waals surface area contributed by atoms with E-state index in [2.05, 4.69) is 41.4 Å². The summed E-state index contributed by atoms with van der Waals surface area (Å²) in [5.41, 5.74) is 4.56. The average molecular weight is 293 g/mol. The van der Waals surface area contributed by atoms with Gasteiger partial charge in [-0.3, -0.25) is 5.43 Å². The summed E-state index contributed by atoms with van der Waals surface area (Å²) in [4.78, 5) is 2.30. The molecule has 21 heavy (non-hydrogen) atoms. The average Bonchev–Trinajstić information content (AvgIpc) is 2.53. The van der Waals surface area contributed by atoms with E-state index in [4.69, 9.17) is 4.74 Å². The largest absolute Gasteiger partial charge is 0.491 e. The molecular weight excluding hydrogens is 266 g/mol. The zero-order valence-corrected chi connectivity index (χ0v) is 13.1. The molecule has 1 aromatic carbocycles. The third-order valence-corrected chi connectivity index (χ3v) is 3.83. The van der Waals surface area contributed by atoms with E-state index in [-0.39, 0.29) is 0 Å². The first kappa shape index (κ1) is 16.2. The lowest BCUT2D eigenvalue weighted by molar-refractivity contribution is 0.0548. The van der Waals surface area contributed by atoms with Crippen molar-refractivity contribution in [3.05, 3.63) is 29.8 Å². The molecule has 5 heteroatoms. The number of rotatable bonds is 7. The van der Waals surface area contributed by atoms with Crippen LogP contribution in [0.25, 0.3) is 0 Å². The molecule has 0 radical (unpaired) electrons. The predicted octanol–water partition coefficient (Wildman–Crippen LogP) is 0.741. The van der Waals surface area contributed by atoms with E-state index in [0.29, 0.717) is 13.2 Å². The molecule has 1 aliphatic rings. The van der Waals surface area contributed by atoms with E-state index < -0.39 is 6.10 Å². The molecule has 1 aliphatic heterocycles. The summed E-state index contributed by atoms with van der Waals surface area (Å²) in [5, 5.41) is 12.1. The molecule has 2 rings (SSSR count). The number of aliphatic hydroxyl groups excluding tert-OH is 1. The van der Waals surface area contributed by atoms with Crippen molar-refractivity contribution < 1.29 is 9.84 Å². The normalized spacial score (nSPS) is 18.6. The molecule has 5 nitrogen and oxygen atoms in total. The first-order valence-electron chi connectivity index (χ1n) is 7.74. The molecule has 0 saturated carbocycles. The minimum absolute atomic E-state index is 0.312. The van der Waals surface area contributed by atoms with Gasteiger partial charge >= 0.3 is 0 Å². The predicted molar refractivity (Wildman–Crippen MR) is 84.4 cm³/mol. The highest BCUT2D eigenvalue weighted by Gasteiger charge is 2.14. The van der Waals surface area contributed by atoms with Crippen molar-refractivity contribution in [3.63, 3.8) is 0 Å². The highest BCUT2D eigenvalue weighted by atomic mass is 16.5. The third kappa shape index (κ3) is 5.63. The van der Waals surface area contributed by atoms with Gasteiger partial charge in [0.1, 0.15) is 18.5 Å². The summed E-state index contributed by atoms with van der Waals surface area (Å²) >= 11 is 0. The van der Waals surface area contributed by atoms with Crippen molar-refractivity contribution >= 4 is 0 Å².